The van der Waals surface area contributed by atoms with Gasteiger partial charge in [-0.1, -0.05) is 15.9 Å². The molecule has 21 heavy (non-hydrogen) atoms. The number of nitrogens with zero attached hydrogens (tertiary/aromatic N) is 1. The third-order valence-electron chi connectivity index (χ3n) is 3.02. The van der Waals surface area contributed by atoms with Gasteiger partial charge in [-0.25, -0.2) is 0 Å². The predicted octanol–water partition coefficient (Wildman–Crippen LogP) is 4.27. The van der Waals surface area contributed by atoms with E-state index in [4.69, 9.17) is 0 Å². The number of nitrogens with one attached hydrogen (secondary N) is 1. The van der Waals surface area contributed by atoms with Crippen molar-refractivity contribution in [1.29, 1.82) is 0 Å². The number of aryl methyl sites for hydroxylation is 2. The van der Waals surface area contributed by atoms with Gasteiger partial charge in [0.2, 0.25) is 0 Å². The summed E-state index contributed by atoms with van der Waals surface area (Å²) in [7, 11) is 0. The molecule has 112 valence electrons. The molecule has 1 aromatic heterocycles. The first-order chi connectivity index (χ1) is 9.70. The van der Waals surface area contributed by atoms with Crippen LogP contribution in [0.1, 0.15) is 27.3 Å². The number of benzene rings is 1. The molecule has 1 aromatic carbocycles. The van der Waals surface area contributed by atoms with Crippen molar-refractivity contribution >= 4 is 21.8 Å². The number of carbonyl (C=O) groups is 1. The number of aromatic nitrogens is 1. The highest BCUT2D eigenvalue weighted by molar-refractivity contribution is 9.10. The summed E-state index contributed by atoms with van der Waals surface area (Å²) in [6.07, 6.45) is -4.52. The molecule has 0 saturated heterocycles. The number of amides is 1. The van der Waals surface area contributed by atoms with E-state index in [-0.39, 0.29) is 10.0 Å². The maximum atomic E-state index is 12.8. The molecule has 1 amide bonds. The van der Waals surface area contributed by atoms with E-state index in [1.54, 1.807) is 26.0 Å². The van der Waals surface area contributed by atoms with Crippen molar-refractivity contribution < 1.29 is 18.0 Å². The minimum absolute atomic E-state index is 0.0574. The largest absolute Gasteiger partial charge is 0.417 e. The Kier molecular flexibility index (Phi) is 4.13. The van der Waals surface area contributed by atoms with E-state index >= 15 is 0 Å². The van der Waals surface area contributed by atoms with E-state index in [1.807, 2.05) is 0 Å². The summed E-state index contributed by atoms with van der Waals surface area (Å²) in [5.41, 5.74) is 3.20. The number of rotatable bonds is 2. The van der Waals surface area contributed by atoms with Gasteiger partial charge in [0.15, 0.2) is 0 Å². The first-order valence-corrected chi connectivity index (χ1v) is 6.82. The zero-order valence-corrected chi connectivity index (χ0v) is 12.8. The summed E-state index contributed by atoms with van der Waals surface area (Å²) in [4.78, 5) is 12.1. The van der Waals surface area contributed by atoms with Gasteiger partial charge in [-0.05, 0) is 44.2 Å². The second-order valence-corrected chi connectivity index (χ2v) is 5.44. The molecule has 2 aromatic rings. The van der Waals surface area contributed by atoms with Crippen LogP contribution in [-0.2, 0) is 6.18 Å². The number of carbonyl (C=O) groups excluding carboxylic acids is 1. The molecule has 0 saturated carbocycles. The van der Waals surface area contributed by atoms with Crippen molar-refractivity contribution in [1.82, 2.24) is 4.68 Å². The van der Waals surface area contributed by atoms with E-state index in [2.05, 4.69) is 21.4 Å². The van der Waals surface area contributed by atoms with Crippen LogP contribution >= 0.6 is 15.9 Å². The molecule has 0 spiro atoms. The highest BCUT2D eigenvalue weighted by Crippen LogP contribution is 2.35. The number of halogens is 4. The number of hydrogen-bond donors (Lipinski definition) is 1. The molecule has 0 radical (unpaired) electrons. The van der Waals surface area contributed by atoms with Gasteiger partial charge >= 0.3 is 6.18 Å². The Hall–Kier alpha value is -1.76. The summed E-state index contributed by atoms with van der Waals surface area (Å²) in [6.45, 7) is 3.58. The fourth-order valence-electron chi connectivity index (χ4n) is 1.89. The standard InChI is InChI=1S/C14H12BrF3N2O/c1-8-3-4-9(2)20(8)19-13(21)10-5-6-12(15)11(7-10)14(16,17)18/h3-7H,1-2H3,(H,19,21). The van der Waals surface area contributed by atoms with Crippen LogP contribution in [-0.4, -0.2) is 10.6 Å². The Morgan fingerprint density at radius 2 is 1.71 bits per heavy atom. The zero-order valence-electron chi connectivity index (χ0n) is 11.3. The highest BCUT2D eigenvalue weighted by atomic mass is 79.9. The molecule has 7 heteroatoms. The second kappa shape index (κ2) is 5.55. The van der Waals surface area contributed by atoms with Gasteiger partial charge in [-0.15, -0.1) is 0 Å². The van der Waals surface area contributed by atoms with Crippen LogP contribution in [0.15, 0.2) is 34.8 Å². The van der Waals surface area contributed by atoms with Crippen LogP contribution < -0.4 is 5.43 Å². The molecule has 0 aliphatic carbocycles. The van der Waals surface area contributed by atoms with Crippen LogP contribution in [0.25, 0.3) is 0 Å². The lowest BCUT2D eigenvalue weighted by Gasteiger charge is -2.13. The SMILES string of the molecule is Cc1ccc(C)n1NC(=O)c1ccc(Br)c(C(F)(F)F)c1. The van der Waals surface area contributed by atoms with Crippen molar-refractivity contribution in [3.05, 3.63) is 57.3 Å². The molecule has 0 bridgehead atoms. The zero-order chi connectivity index (χ0) is 15.8. The molecular formula is C14H12BrF3N2O. The van der Waals surface area contributed by atoms with E-state index in [0.29, 0.717) is 0 Å². The van der Waals surface area contributed by atoms with Crippen LogP contribution in [0, 0.1) is 13.8 Å². The smallest absolute Gasteiger partial charge is 0.267 e. The van der Waals surface area contributed by atoms with Gasteiger partial charge in [0.25, 0.3) is 5.91 Å². The fraction of sp³-hybridized carbons (Fsp3) is 0.214. The van der Waals surface area contributed by atoms with E-state index in [9.17, 15) is 18.0 Å². The highest BCUT2D eigenvalue weighted by Gasteiger charge is 2.33. The van der Waals surface area contributed by atoms with Gasteiger partial charge in [0.05, 0.1) is 5.56 Å². The third kappa shape index (κ3) is 3.29. The first-order valence-electron chi connectivity index (χ1n) is 6.03. The fourth-order valence-corrected chi connectivity index (χ4v) is 2.37. The van der Waals surface area contributed by atoms with E-state index in [1.165, 1.54) is 16.8 Å². The minimum Gasteiger partial charge on any atom is -0.267 e. The maximum absolute atomic E-state index is 12.8. The van der Waals surface area contributed by atoms with Crippen LogP contribution in [0.3, 0.4) is 0 Å². The normalized spacial score (nSPS) is 11.5. The number of alkyl halides is 3. The lowest BCUT2D eigenvalue weighted by atomic mass is 10.1. The van der Waals surface area contributed by atoms with Gasteiger partial charge in [-0.3, -0.25) is 14.9 Å². The molecule has 1 N–H and O–H groups in total. The van der Waals surface area contributed by atoms with Crippen molar-refractivity contribution in [3.63, 3.8) is 0 Å². The molecule has 1 heterocycles. The van der Waals surface area contributed by atoms with Gasteiger partial charge < -0.3 is 0 Å². The van der Waals surface area contributed by atoms with Crippen LogP contribution in [0.2, 0.25) is 0 Å². The average Bonchev–Trinajstić information content (AvgIpc) is 2.69. The van der Waals surface area contributed by atoms with Gasteiger partial charge in [0, 0.05) is 21.4 Å². The summed E-state index contributed by atoms with van der Waals surface area (Å²) in [5, 5.41) is 0. The molecule has 0 fully saturated rings. The monoisotopic (exact) mass is 360 g/mol. The molecule has 0 unspecified atom stereocenters. The van der Waals surface area contributed by atoms with Crippen LogP contribution in [0.4, 0.5) is 13.2 Å². The third-order valence-corrected chi connectivity index (χ3v) is 3.71. The molecule has 2 rings (SSSR count). The topological polar surface area (TPSA) is 34.0 Å². The Labute approximate surface area is 127 Å². The van der Waals surface area contributed by atoms with E-state index in [0.717, 1.165) is 17.5 Å². The second-order valence-electron chi connectivity index (χ2n) is 4.58. The summed E-state index contributed by atoms with van der Waals surface area (Å²) >= 11 is 2.84. The molecule has 0 aliphatic rings. The Balaban J connectivity index is 2.33. The van der Waals surface area contributed by atoms with Crippen molar-refractivity contribution in [2.24, 2.45) is 0 Å². The lowest BCUT2D eigenvalue weighted by molar-refractivity contribution is -0.138. The summed E-state index contributed by atoms with van der Waals surface area (Å²) in [6, 6.07) is 6.99. The first kappa shape index (κ1) is 15.6. The van der Waals surface area contributed by atoms with Crippen molar-refractivity contribution in [3.8, 4) is 0 Å². The lowest BCUT2D eigenvalue weighted by Crippen LogP contribution is -2.25. The number of hydrogen-bond acceptors (Lipinski definition) is 1. The van der Waals surface area contributed by atoms with Crippen LogP contribution in [0.5, 0.6) is 0 Å². The van der Waals surface area contributed by atoms with Crippen molar-refractivity contribution in [2.45, 2.75) is 20.0 Å². The molecule has 3 nitrogen and oxygen atoms in total. The Morgan fingerprint density at radius 1 is 1.14 bits per heavy atom. The summed E-state index contributed by atoms with van der Waals surface area (Å²) < 4.78 is 39.9. The average molecular weight is 361 g/mol. The molecule has 0 aliphatic heterocycles. The molecule has 0 atom stereocenters. The Morgan fingerprint density at radius 3 is 2.24 bits per heavy atom. The quantitative estimate of drug-likeness (QED) is 0.852. The molecular weight excluding hydrogens is 349 g/mol. The van der Waals surface area contributed by atoms with E-state index < -0.39 is 17.6 Å². The van der Waals surface area contributed by atoms with Crippen molar-refractivity contribution in [2.75, 3.05) is 5.43 Å². The Bertz CT molecular complexity index is 673. The van der Waals surface area contributed by atoms with Gasteiger partial charge in [-0.2, -0.15) is 13.2 Å². The predicted molar refractivity (Wildman–Crippen MR) is 76.7 cm³/mol. The maximum Gasteiger partial charge on any atom is 0.417 e. The van der Waals surface area contributed by atoms with Gasteiger partial charge in [0.1, 0.15) is 0 Å². The summed E-state index contributed by atoms with van der Waals surface area (Å²) in [5.74, 6) is -0.601. The minimum atomic E-state index is -4.52.